The number of fused-ring (bicyclic) bond motifs is 2. The molecule has 0 bridgehead atoms. The van der Waals surface area contributed by atoms with E-state index in [2.05, 4.69) is 9.97 Å². The van der Waals surface area contributed by atoms with E-state index in [1.807, 2.05) is 18.2 Å². The van der Waals surface area contributed by atoms with Gasteiger partial charge < -0.3 is 24.3 Å². The van der Waals surface area contributed by atoms with Crippen molar-refractivity contribution < 1.29 is 24.1 Å². The minimum atomic E-state index is -1.08. The molecule has 2 aromatic carbocycles. The first-order chi connectivity index (χ1) is 14.1. The third-order valence-corrected chi connectivity index (χ3v) is 4.44. The van der Waals surface area contributed by atoms with Crippen LogP contribution in [0.25, 0.3) is 16.6 Å². The van der Waals surface area contributed by atoms with E-state index in [0.717, 1.165) is 5.52 Å². The van der Waals surface area contributed by atoms with Crippen molar-refractivity contribution in [2.75, 3.05) is 6.61 Å². The number of aliphatic hydroxyl groups is 1. The number of ether oxygens (including phenoxy) is 3. The van der Waals surface area contributed by atoms with E-state index in [9.17, 15) is 15.2 Å². The lowest BCUT2D eigenvalue weighted by atomic mass is 10.1. The molecule has 0 aliphatic carbocycles. The minimum absolute atomic E-state index is 0.0122. The minimum Gasteiger partial charge on any atom is -0.507 e. The highest BCUT2D eigenvalue weighted by atomic mass is 16.6. The Morgan fingerprint density at radius 1 is 1.28 bits per heavy atom. The lowest BCUT2D eigenvalue weighted by molar-refractivity contribution is -0.158. The van der Waals surface area contributed by atoms with E-state index >= 15 is 0 Å². The van der Waals surface area contributed by atoms with E-state index in [0.29, 0.717) is 17.0 Å². The summed E-state index contributed by atoms with van der Waals surface area (Å²) in [4.78, 5) is 19.7. The number of carbonyl (C=O) groups is 1. The number of hydrogen-bond acceptors (Lipinski definition) is 7. The number of benzene rings is 2. The Kier molecular flexibility index (Phi) is 4.79. The molecule has 1 aliphatic heterocycles. The molecule has 2 heterocycles. The first-order valence-electron chi connectivity index (χ1n) is 8.94. The highest BCUT2D eigenvalue weighted by molar-refractivity contribution is 5.83. The molecule has 3 aromatic rings. The van der Waals surface area contributed by atoms with Gasteiger partial charge in [0.2, 0.25) is 6.10 Å². The average Bonchev–Trinajstić information content (AvgIpc) is 3.17. The van der Waals surface area contributed by atoms with Crippen molar-refractivity contribution in [3.05, 3.63) is 60.1 Å². The fourth-order valence-electron chi connectivity index (χ4n) is 2.95. The van der Waals surface area contributed by atoms with Crippen molar-refractivity contribution in [2.24, 2.45) is 0 Å². The molecule has 1 aliphatic rings. The second kappa shape index (κ2) is 7.56. The third kappa shape index (κ3) is 3.58. The van der Waals surface area contributed by atoms with Crippen LogP contribution < -0.4 is 9.47 Å². The first kappa shape index (κ1) is 18.4. The van der Waals surface area contributed by atoms with Crippen molar-refractivity contribution in [1.29, 1.82) is 5.26 Å². The maximum atomic E-state index is 12.4. The molecule has 2 N–H and O–H groups in total. The van der Waals surface area contributed by atoms with Crippen LogP contribution >= 0.6 is 0 Å². The first-order valence-corrected chi connectivity index (χ1v) is 8.94. The Bertz CT molecular complexity index is 1110. The number of aromatic nitrogens is 2. The SMILES string of the molecule is C[C@@H](OC(=O)[C@H]1COc2ccccc2O1)/C(O)=C(\C#N)c1nc2ccccc2[nH]1. The number of H-pyrrole nitrogens is 1. The van der Waals surface area contributed by atoms with Crippen LogP contribution in [-0.2, 0) is 9.53 Å². The van der Waals surface area contributed by atoms with Crippen LogP contribution in [0.15, 0.2) is 54.3 Å². The van der Waals surface area contributed by atoms with E-state index in [-0.39, 0.29) is 18.0 Å². The standard InChI is InChI=1S/C21H17N3O5/c1-12(28-21(26)18-11-27-16-8-4-5-9-17(16)29-18)19(25)13(10-22)20-23-14-6-2-3-7-15(14)24-20/h2-9,12,18,25H,11H2,1H3,(H,23,24)/b19-13-/t12-,18-/m1/s1. The fraction of sp³-hybridized carbons (Fsp3) is 0.190. The summed E-state index contributed by atoms with van der Waals surface area (Å²) in [6.45, 7) is 1.45. The number of aliphatic hydroxyl groups excluding tert-OH is 1. The van der Waals surface area contributed by atoms with Gasteiger partial charge in [0.25, 0.3) is 0 Å². The Balaban J connectivity index is 1.51. The zero-order chi connectivity index (χ0) is 20.4. The topological polar surface area (TPSA) is 117 Å². The number of allylic oxidation sites excluding steroid dienone is 1. The molecule has 29 heavy (non-hydrogen) atoms. The van der Waals surface area contributed by atoms with Crippen molar-refractivity contribution in [1.82, 2.24) is 9.97 Å². The van der Waals surface area contributed by atoms with Gasteiger partial charge in [-0.1, -0.05) is 24.3 Å². The Hall–Kier alpha value is -3.99. The number of aromatic amines is 1. The number of nitriles is 1. The molecule has 0 radical (unpaired) electrons. The maximum absolute atomic E-state index is 12.4. The number of rotatable bonds is 4. The number of nitrogens with one attached hydrogen (secondary N) is 1. The Morgan fingerprint density at radius 2 is 2.00 bits per heavy atom. The highest BCUT2D eigenvalue weighted by Gasteiger charge is 2.31. The lowest BCUT2D eigenvalue weighted by Gasteiger charge is -2.26. The second-order valence-electron chi connectivity index (χ2n) is 6.42. The summed E-state index contributed by atoms with van der Waals surface area (Å²) in [6.07, 6.45) is -2.05. The van der Waals surface area contributed by atoms with E-state index < -0.39 is 23.9 Å². The smallest absolute Gasteiger partial charge is 0.351 e. The largest absolute Gasteiger partial charge is 0.507 e. The molecule has 0 spiro atoms. The molecule has 0 fully saturated rings. The van der Waals surface area contributed by atoms with Gasteiger partial charge in [-0.3, -0.25) is 0 Å². The average molecular weight is 391 g/mol. The number of para-hydroxylation sites is 4. The van der Waals surface area contributed by atoms with Crippen LogP contribution in [0.5, 0.6) is 11.5 Å². The summed E-state index contributed by atoms with van der Waals surface area (Å²) in [7, 11) is 0. The zero-order valence-electron chi connectivity index (χ0n) is 15.5. The summed E-state index contributed by atoms with van der Waals surface area (Å²) < 4.78 is 16.4. The molecule has 8 nitrogen and oxygen atoms in total. The molecule has 1 aromatic heterocycles. The van der Waals surface area contributed by atoms with E-state index in [4.69, 9.17) is 14.2 Å². The summed E-state index contributed by atoms with van der Waals surface area (Å²) >= 11 is 0. The second-order valence-corrected chi connectivity index (χ2v) is 6.42. The predicted octanol–water partition coefficient (Wildman–Crippen LogP) is 3.13. The van der Waals surface area contributed by atoms with Crippen molar-refractivity contribution in [2.45, 2.75) is 19.1 Å². The van der Waals surface area contributed by atoms with Crippen LogP contribution in [0.2, 0.25) is 0 Å². The van der Waals surface area contributed by atoms with Gasteiger partial charge in [-0.2, -0.15) is 5.26 Å². The normalized spacial score (nSPS) is 17.2. The molecule has 0 saturated heterocycles. The monoisotopic (exact) mass is 391 g/mol. The molecule has 0 unspecified atom stereocenters. The van der Waals surface area contributed by atoms with Gasteiger partial charge in [0.1, 0.15) is 18.2 Å². The quantitative estimate of drug-likeness (QED) is 0.398. The number of imidazole rings is 1. The molecular formula is C21H17N3O5. The van der Waals surface area contributed by atoms with Crippen LogP contribution in [0, 0.1) is 11.3 Å². The summed E-state index contributed by atoms with van der Waals surface area (Å²) in [5.41, 5.74) is 1.27. The van der Waals surface area contributed by atoms with Crippen molar-refractivity contribution in [3.63, 3.8) is 0 Å². The predicted molar refractivity (Wildman–Crippen MR) is 103 cm³/mol. The molecule has 0 saturated carbocycles. The number of esters is 1. The summed E-state index contributed by atoms with van der Waals surface area (Å²) in [5.74, 6) is 0.0647. The molecular weight excluding hydrogens is 374 g/mol. The van der Waals surface area contributed by atoms with E-state index in [1.54, 1.807) is 36.4 Å². The Labute approximate surface area is 166 Å². The summed E-state index contributed by atoms with van der Waals surface area (Å²) in [6, 6.07) is 16.1. The number of carbonyl (C=O) groups excluding carboxylic acids is 1. The van der Waals surface area contributed by atoms with Gasteiger partial charge in [0.15, 0.2) is 29.2 Å². The number of nitrogens with zero attached hydrogens (tertiary/aromatic N) is 2. The molecule has 0 amide bonds. The van der Waals surface area contributed by atoms with E-state index in [1.165, 1.54) is 6.92 Å². The molecule has 2 atom stereocenters. The fourth-order valence-corrected chi connectivity index (χ4v) is 2.95. The maximum Gasteiger partial charge on any atom is 0.351 e. The number of hydrogen-bond donors (Lipinski definition) is 2. The third-order valence-electron chi connectivity index (χ3n) is 4.44. The summed E-state index contributed by atoms with van der Waals surface area (Å²) in [5, 5.41) is 20.0. The molecule has 4 rings (SSSR count). The van der Waals surface area contributed by atoms with Crippen LogP contribution in [0.1, 0.15) is 12.7 Å². The van der Waals surface area contributed by atoms with Crippen molar-refractivity contribution in [3.8, 4) is 17.6 Å². The highest BCUT2D eigenvalue weighted by Crippen LogP contribution is 2.31. The van der Waals surface area contributed by atoms with Gasteiger partial charge in [-0.25, -0.2) is 9.78 Å². The van der Waals surface area contributed by atoms with Gasteiger partial charge >= 0.3 is 5.97 Å². The van der Waals surface area contributed by atoms with Gasteiger partial charge in [-0.15, -0.1) is 0 Å². The van der Waals surface area contributed by atoms with Crippen molar-refractivity contribution >= 4 is 22.6 Å². The lowest BCUT2D eigenvalue weighted by Crippen LogP contribution is -2.39. The van der Waals surface area contributed by atoms with Gasteiger partial charge in [0.05, 0.1) is 11.0 Å². The van der Waals surface area contributed by atoms with Crippen LogP contribution in [-0.4, -0.2) is 39.9 Å². The van der Waals surface area contributed by atoms with Crippen LogP contribution in [0.3, 0.4) is 0 Å². The van der Waals surface area contributed by atoms with Gasteiger partial charge in [-0.05, 0) is 31.2 Å². The van der Waals surface area contributed by atoms with Gasteiger partial charge in [0, 0.05) is 0 Å². The molecule has 146 valence electrons. The zero-order valence-corrected chi connectivity index (χ0v) is 15.5. The Morgan fingerprint density at radius 3 is 2.76 bits per heavy atom. The molecule has 8 heteroatoms. The van der Waals surface area contributed by atoms with Crippen LogP contribution in [0.4, 0.5) is 0 Å².